The van der Waals surface area contributed by atoms with E-state index in [-0.39, 0.29) is 0 Å². The molecule has 0 saturated carbocycles. The van der Waals surface area contributed by atoms with E-state index in [1.807, 2.05) is 11.6 Å². The topological polar surface area (TPSA) is 60.0 Å². The first-order valence-electron chi connectivity index (χ1n) is 4.56. The molecule has 0 amide bonds. The zero-order valence-corrected chi connectivity index (χ0v) is 7.85. The Balaban J connectivity index is 1.95. The van der Waals surface area contributed by atoms with Gasteiger partial charge in [-0.3, -0.25) is 4.90 Å². The number of aromatic nitrogens is 3. The van der Waals surface area contributed by atoms with Gasteiger partial charge in [-0.25, -0.2) is 0 Å². The molecular weight excluding hydrogens is 166 g/mol. The highest BCUT2D eigenvalue weighted by atomic mass is 15.3. The minimum absolute atomic E-state index is 0.341. The summed E-state index contributed by atoms with van der Waals surface area (Å²) in [6.07, 6.45) is 2.82. The first-order valence-corrected chi connectivity index (χ1v) is 4.56. The van der Waals surface area contributed by atoms with Crippen LogP contribution in [0.5, 0.6) is 0 Å². The van der Waals surface area contributed by atoms with E-state index in [0.29, 0.717) is 6.04 Å². The number of rotatable bonds is 2. The van der Waals surface area contributed by atoms with Crippen LogP contribution in [0.1, 0.15) is 12.2 Å². The van der Waals surface area contributed by atoms with E-state index in [2.05, 4.69) is 15.1 Å². The smallest absolute Gasteiger partial charge is 0.146 e. The largest absolute Gasteiger partial charge is 0.326 e. The Kier molecular flexibility index (Phi) is 2.28. The summed E-state index contributed by atoms with van der Waals surface area (Å²) in [5.41, 5.74) is 5.81. The maximum atomic E-state index is 5.81. The van der Waals surface area contributed by atoms with Crippen LogP contribution in [0.2, 0.25) is 0 Å². The Bertz CT molecular complexity index is 282. The summed E-state index contributed by atoms with van der Waals surface area (Å²) in [4.78, 5) is 2.31. The van der Waals surface area contributed by atoms with Crippen molar-refractivity contribution in [1.82, 2.24) is 19.7 Å². The van der Waals surface area contributed by atoms with Crippen molar-refractivity contribution >= 4 is 0 Å². The molecule has 0 aromatic carbocycles. The summed E-state index contributed by atoms with van der Waals surface area (Å²) >= 11 is 0. The van der Waals surface area contributed by atoms with Gasteiger partial charge in [0.25, 0.3) is 0 Å². The van der Waals surface area contributed by atoms with E-state index in [1.165, 1.54) is 0 Å². The molecule has 0 radical (unpaired) electrons. The molecule has 2 rings (SSSR count). The molecule has 2 heterocycles. The number of nitrogens with zero attached hydrogens (tertiary/aromatic N) is 4. The van der Waals surface area contributed by atoms with E-state index < -0.39 is 0 Å². The van der Waals surface area contributed by atoms with Gasteiger partial charge in [-0.05, 0) is 6.42 Å². The van der Waals surface area contributed by atoms with Crippen molar-refractivity contribution in [3.8, 4) is 0 Å². The molecule has 72 valence electrons. The molecule has 1 aliphatic rings. The van der Waals surface area contributed by atoms with E-state index in [4.69, 9.17) is 5.73 Å². The third-order valence-corrected chi connectivity index (χ3v) is 2.48. The van der Waals surface area contributed by atoms with Gasteiger partial charge in [0.1, 0.15) is 12.2 Å². The minimum atomic E-state index is 0.341. The molecule has 2 N–H and O–H groups in total. The molecule has 1 saturated heterocycles. The lowest BCUT2D eigenvalue weighted by Gasteiger charge is -2.13. The third kappa shape index (κ3) is 1.87. The summed E-state index contributed by atoms with van der Waals surface area (Å²) in [5.74, 6) is 1.01. The van der Waals surface area contributed by atoms with Crippen LogP contribution in [0.4, 0.5) is 0 Å². The molecule has 1 fully saturated rings. The van der Waals surface area contributed by atoms with Gasteiger partial charge >= 0.3 is 0 Å². The summed E-state index contributed by atoms with van der Waals surface area (Å²) in [6, 6.07) is 0.341. The molecule has 1 aromatic rings. The van der Waals surface area contributed by atoms with Crippen LogP contribution in [0, 0.1) is 0 Å². The van der Waals surface area contributed by atoms with Crippen LogP contribution in [0.3, 0.4) is 0 Å². The quantitative estimate of drug-likeness (QED) is 0.658. The molecule has 5 heteroatoms. The van der Waals surface area contributed by atoms with Crippen LogP contribution in [0.25, 0.3) is 0 Å². The fourth-order valence-electron chi connectivity index (χ4n) is 1.66. The zero-order chi connectivity index (χ0) is 9.26. The molecule has 0 unspecified atom stereocenters. The number of likely N-dealkylation sites (tertiary alicyclic amines) is 1. The van der Waals surface area contributed by atoms with Crippen molar-refractivity contribution in [2.45, 2.75) is 19.0 Å². The molecule has 0 bridgehead atoms. The van der Waals surface area contributed by atoms with Gasteiger partial charge in [-0.15, -0.1) is 10.2 Å². The monoisotopic (exact) mass is 181 g/mol. The molecule has 1 aliphatic heterocycles. The van der Waals surface area contributed by atoms with E-state index in [0.717, 1.165) is 31.9 Å². The molecule has 1 aromatic heterocycles. The summed E-state index contributed by atoms with van der Waals surface area (Å²) in [7, 11) is 1.96. The van der Waals surface area contributed by atoms with Crippen molar-refractivity contribution in [1.29, 1.82) is 0 Å². The van der Waals surface area contributed by atoms with Gasteiger partial charge in [0.2, 0.25) is 0 Å². The Labute approximate surface area is 77.5 Å². The second-order valence-electron chi connectivity index (χ2n) is 3.64. The Morgan fingerprint density at radius 3 is 3.08 bits per heavy atom. The normalized spacial score (nSPS) is 24.0. The number of hydrogen-bond acceptors (Lipinski definition) is 4. The summed E-state index contributed by atoms with van der Waals surface area (Å²) in [5, 5.41) is 7.87. The first kappa shape index (κ1) is 8.65. The number of hydrogen-bond donors (Lipinski definition) is 1. The molecule has 1 atom stereocenters. The van der Waals surface area contributed by atoms with Crippen LogP contribution in [0.15, 0.2) is 6.33 Å². The van der Waals surface area contributed by atoms with Gasteiger partial charge in [0, 0.05) is 26.2 Å². The molecule has 0 aliphatic carbocycles. The van der Waals surface area contributed by atoms with Gasteiger partial charge in [0.15, 0.2) is 0 Å². The van der Waals surface area contributed by atoms with Crippen LogP contribution >= 0.6 is 0 Å². The second-order valence-corrected chi connectivity index (χ2v) is 3.64. The van der Waals surface area contributed by atoms with Crippen molar-refractivity contribution in [2.75, 3.05) is 13.1 Å². The Morgan fingerprint density at radius 1 is 1.69 bits per heavy atom. The van der Waals surface area contributed by atoms with Crippen molar-refractivity contribution in [3.05, 3.63) is 12.2 Å². The summed E-state index contributed by atoms with van der Waals surface area (Å²) < 4.78 is 1.95. The predicted octanol–water partition coefficient (Wildman–Crippen LogP) is -0.652. The highest BCUT2D eigenvalue weighted by molar-refractivity contribution is 4.87. The van der Waals surface area contributed by atoms with Crippen molar-refractivity contribution in [3.63, 3.8) is 0 Å². The van der Waals surface area contributed by atoms with Crippen molar-refractivity contribution < 1.29 is 0 Å². The fraction of sp³-hybridized carbons (Fsp3) is 0.750. The number of nitrogens with two attached hydrogens (primary N) is 1. The standard InChI is InChI=1S/C8H15N5/c1-12-6-10-11-8(12)5-13-3-2-7(9)4-13/h6-7H,2-5,9H2,1H3/t7-/m1/s1. The average Bonchev–Trinajstić information content (AvgIpc) is 2.64. The maximum Gasteiger partial charge on any atom is 0.146 e. The average molecular weight is 181 g/mol. The van der Waals surface area contributed by atoms with Gasteiger partial charge < -0.3 is 10.3 Å². The lowest BCUT2D eigenvalue weighted by atomic mass is 10.3. The van der Waals surface area contributed by atoms with E-state index in [9.17, 15) is 0 Å². The van der Waals surface area contributed by atoms with E-state index >= 15 is 0 Å². The SMILES string of the molecule is Cn1cnnc1CN1CC[C@@H](N)C1. The Hall–Kier alpha value is -0.940. The summed E-state index contributed by atoms with van der Waals surface area (Å²) in [6.45, 7) is 2.92. The number of aryl methyl sites for hydroxylation is 1. The molecule has 0 spiro atoms. The predicted molar refractivity (Wildman–Crippen MR) is 48.9 cm³/mol. The zero-order valence-electron chi connectivity index (χ0n) is 7.85. The molecular formula is C8H15N5. The van der Waals surface area contributed by atoms with Gasteiger partial charge in [0.05, 0.1) is 6.54 Å². The lowest BCUT2D eigenvalue weighted by Crippen LogP contribution is -2.27. The van der Waals surface area contributed by atoms with Crippen LogP contribution in [-0.4, -0.2) is 38.8 Å². The minimum Gasteiger partial charge on any atom is -0.326 e. The van der Waals surface area contributed by atoms with Crippen molar-refractivity contribution in [2.24, 2.45) is 12.8 Å². The van der Waals surface area contributed by atoms with Gasteiger partial charge in [-0.2, -0.15) is 0 Å². The second kappa shape index (κ2) is 3.43. The third-order valence-electron chi connectivity index (χ3n) is 2.48. The molecule has 13 heavy (non-hydrogen) atoms. The maximum absolute atomic E-state index is 5.81. The molecule has 5 nitrogen and oxygen atoms in total. The highest BCUT2D eigenvalue weighted by Gasteiger charge is 2.20. The fourth-order valence-corrected chi connectivity index (χ4v) is 1.66. The highest BCUT2D eigenvalue weighted by Crippen LogP contribution is 2.09. The van der Waals surface area contributed by atoms with Crippen LogP contribution in [-0.2, 0) is 13.6 Å². The van der Waals surface area contributed by atoms with Crippen LogP contribution < -0.4 is 5.73 Å². The first-order chi connectivity index (χ1) is 6.25. The van der Waals surface area contributed by atoms with E-state index in [1.54, 1.807) is 6.33 Å². The van der Waals surface area contributed by atoms with Gasteiger partial charge in [-0.1, -0.05) is 0 Å². The lowest BCUT2D eigenvalue weighted by molar-refractivity contribution is 0.314. The Morgan fingerprint density at radius 2 is 2.54 bits per heavy atom.